The van der Waals surface area contributed by atoms with Crippen LogP contribution in [0.5, 0.6) is 23.0 Å². The number of hydrogen-bond acceptors (Lipinski definition) is 8. The van der Waals surface area contributed by atoms with Gasteiger partial charge in [-0.1, -0.05) is 42.0 Å². The molecule has 0 bridgehead atoms. The van der Waals surface area contributed by atoms with Gasteiger partial charge in [0.05, 0.1) is 24.8 Å². The number of ether oxygens (including phenoxy) is 3. The molecule has 3 aromatic carbocycles. The van der Waals surface area contributed by atoms with Crippen molar-refractivity contribution in [3.8, 4) is 23.0 Å². The van der Waals surface area contributed by atoms with Gasteiger partial charge in [-0.3, -0.25) is 14.8 Å². The Morgan fingerprint density at radius 3 is 2.59 bits per heavy atom. The lowest BCUT2D eigenvalue weighted by Crippen LogP contribution is -2.27. The number of ketones is 1. The first kappa shape index (κ1) is 28.0. The third-order valence-electron chi connectivity index (χ3n) is 7.01. The number of nitrogens with zero attached hydrogens (tertiary/aromatic N) is 2. The lowest BCUT2D eigenvalue weighted by atomic mass is 9.97. The first-order valence-corrected chi connectivity index (χ1v) is 13.5. The van der Waals surface area contributed by atoms with E-state index in [4.69, 9.17) is 14.2 Å². The molecule has 0 amide bonds. The molecule has 0 saturated heterocycles. The Hall–Kier alpha value is -4.53. The molecule has 1 aliphatic rings. The van der Waals surface area contributed by atoms with Gasteiger partial charge in [-0.2, -0.15) is 0 Å². The Morgan fingerprint density at radius 2 is 1.80 bits per heavy atom. The number of hydrogen-bond donors (Lipinski definition) is 2. The molecule has 0 spiro atoms. The van der Waals surface area contributed by atoms with Crippen LogP contribution in [0.15, 0.2) is 89.6 Å². The standard InChI is InChI=1S/C33H32N2O6/c1-22-9-10-28(26(19-22)32(37)23-7-4-3-5-8-23)41-29-12-15-34-27-21-31(30(39-2)20-25(27)29)40-18-6-14-33(38)24(13-17-36)11-16-35-33/h3-5,7-12,15-16,19-21,36,38H,6,13-14,17-18H2,1-2H3. The van der Waals surface area contributed by atoms with Crippen LogP contribution in [0.2, 0.25) is 0 Å². The van der Waals surface area contributed by atoms with Crippen LogP contribution in [0.4, 0.5) is 0 Å². The van der Waals surface area contributed by atoms with Gasteiger partial charge in [0, 0.05) is 42.5 Å². The fourth-order valence-corrected chi connectivity index (χ4v) is 4.86. The lowest BCUT2D eigenvalue weighted by Gasteiger charge is -2.23. The smallest absolute Gasteiger partial charge is 0.196 e. The summed E-state index contributed by atoms with van der Waals surface area (Å²) < 4.78 is 18.0. The van der Waals surface area contributed by atoms with Gasteiger partial charge < -0.3 is 24.4 Å². The molecule has 8 heteroatoms. The number of aliphatic hydroxyl groups excluding tert-OH is 1. The van der Waals surface area contributed by atoms with Crippen molar-refractivity contribution in [1.82, 2.24) is 4.98 Å². The van der Waals surface area contributed by atoms with Gasteiger partial charge in [0.25, 0.3) is 0 Å². The van der Waals surface area contributed by atoms with Crippen molar-refractivity contribution in [2.45, 2.75) is 31.9 Å². The van der Waals surface area contributed by atoms with Crippen molar-refractivity contribution in [3.05, 3.63) is 101 Å². The molecule has 1 aromatic heterocycles. The summed E-state index contributed by atoms with van der Waals surface area (Å²) in [6.07, 6.45) is 6.22. The fourth-order valence-electron chi connectivity index (χ4n) is 4.86. The Bertz CT molecular complexity index is 1620. The molecule has 0 saturated carbocycles. The molecular weight excluding hydrogens is 520 g/mol. The third-order valence-corrected chi connectivity index (χ3v) is 7.01. The topological polar surface area (TPSA) is 110 Å². The molecule has 210 valence electrons. The van der Waals surface area contributed by atoms with Crippen LogP contribution in [-0.2, 0) is 0 Å². The predicted octanol–water partition coefficient (Wildman–Crippen LogP) is 5.82. The van der Waals surface area contributed by atoms with E-state index < -0.39 is 5.72 Å². The highest BCUT2D eigenvalue weighted by Gasteiger charge is 2.32. The Balaban J connectivity index is 1.36. The van der Waals surface area contributed by atoms with Crippen molar-refractivity contribution in [2.75, 3.05) is 20.3 Å². The lowest BCUT2D eigenvalue weighted by molar-refractivity contribution is 0.0687. The van der Waals surface area contributed by atoms with Gasteiger partial charge in [-0.15, -0.1) is 0 Å². The summed E-state index contributed by atoms with van der Waals surface area (Å²) in [6, 6.07) is 20.0. The highest BCUT2D eigenvalue weighted by Crippen LogP contribution is 2.38. The number of aryl methyl sites for hydroxylation is 1. The molecule has 1 aliphatic heterocycles. The van der Waals surface area contributed by atoms with Gasteiger partial charge >= 0.3 is 0 Å². The van der Waals surface area contributed by atoms with E-state index in [0.717, 1.165) is 5.56 Å². The van der Waals surface area contributed by atoms with E-state index in [9.17, 15) is 15.0 Å². The minimum Gasteiger partial charge on any atom is -0.493 e. The van der Waals surface area contributed by atoms with Gasteiger partial charge in [0.1, 0.15) is 11.5 Å². The molecule has 2 heterocycles. The monoisotopic (exact) mass is 552 g/mol. The van der Waals surface area contributed by atoms with Crippen molar-refractivity contribution >= 4 is 22.9 Å². The van der Waals surface area contributed by atoms with Crippen LogP contribution in [-0.4, -0.2) is 53.2 Å². The molecule has 1 unspecified atom stereocenters. The fraction of sp³-hybridized carbons (Fsp3) is 0.242. The average molecular weight is 553 g/mol. The Morgan fingerprint density at radius 1 is 0.976 bits per heavy atom. The van der Waals surface area contributed by atoms with E-state index in [1.165, 1.54) is 0 Å². The van der Waals surface area contributed by atoms with Crippen LogP contribution in [0.3, 0.4) is 0 Å². The number of rotatable bonds is 12. The SMILES string of the molecule is COc1cc2c(Oc3ccc(C)cc3C(=O)c3ccccc3)ccnc2cc1OCCCC1(O)N=CC=C1CCO. The number of carbonyl (C=O) groups excluding carboxylic acids is 1. The number of pyridine rings is 1. The summed E-state index contributed by atoms with van der Waals surface area (Å²) in [6.45, 7) is 2.21. The maximum Gasteiger partial charge on any atom is 0.196 e. The molecule has 4 aromatic rings. The number of carbonyl (C=O) groups is 1. The zero-order chi connectivity index (χ0) is 28.8. The molecule has 5 rings (SSSR count). The van der Waals surface area contributed by atoms with Crippen molar-refractivity contribution < 1.29 is 29.2 Å². The molecule has 0 radical (unpaired) electrons. The predicted molar refractivity (Wildman–Crippen MR) is 157 cm³/mol. The largest absolute Gasteiger partial charge is 0.493 e. The number of fused-ring (bicyclic) bond motifs is 1. The van der Waals surface area contributed by atoms with Gasteiger partial charge in [-0.05, 0) is 55.7 Å². The number of benzene rings is 3. The quantitative estimate of drug-likeness (QED) is 0.168. The molecule has 8 nitrogen and oxygen atoms in total. The van der Waals surface area contributed by atoms with Crippen LogP contribution in [0.1, 0.15) is 40.7 Å². The van der Waals surface area contributed by atoms with Crippen LogP contribution >= 0.6 is 0 Å². The number of aliphatic imine (C=N–C) groups is 1. The maximum atomic E-state index is 13.3. The minimum absolute atomic E-state index is 0.0461. The third kappa shape index (κ3) is 6.14. The van der Waals surface area contributed by atoms with Crippen molar-refractivity contribution in [2.24, 2.45) is 4.99 Å². The van der Waals surface area contributed by atoms with E-state index in [1.54, 1.807) is 62.0 Å². The van der Waals surface area contributed by atoms with Crippen molar-refractivity contribution in [1.29, 1.82) is 0 Å². The Labute approximate surface area is 238 Å². The number of allylic oxidation sites excluding steroid dienone is 1. The summed E-state index contributed by atoms with van der Waals surface area (Å²) in [4.78, 5) is 22.0. The summed E-state index contributed by atoms with van der Waals surface area (Å²) in [5.74, 6) is 1.85. The molecule has 41 heavy (non-hydrogen) atoms. The van der Waals surface area contributed by atoms with E-state index in [-0.39, 0.29) is 12.4 Å². The van der Waals surface area contributed by atoms with E-state index in [2.05, 4.69) is 9.98 Å². The number of aliphatic hydroxyl groups is 2. The second-order valence-electron chi connectivity index (χ2n) is 9.84. The van der Waals surface area contributed by atoms with Crippen LogP contribution < -0.4 is 14.2 Å². The van der Waals surface area contributed by atoms with Gasteiger partial charge in [0.2, 0.25) is 0 Å². The zero-order valence-corrected chi connectivity index (χ0v) is 23.0. The second kappa shape index (κ2) is 12.3. The second-order valence-corrected chi connectivity index (χ2v) is 9.84. The molecule has 0 fully saturated rings. The van der Waals surface area contributed by atoms with Gasteiger partial charge in [0.15, 0.2) is 23.0 Å². The van der Waals surface area contributed by atoms with Crippen LogP contribution in [0.25, 0.3) is 10.9 Å². The summed E-state index contributed by atoms with van der Waals surface area (Å²) in [7, 11) is 1.56. The first-order chi connectivity index (χ1) is 19.9. The summed E-state index contributed by atoms with van der Waals surface area (Å²) in [5, 5.41) is 20.7. The van der Waals surface area contributed by atoms with Crippen molar-refractivity contribution in [3.63, 3.8) is 0 Å². The molecule has 1 atom stereocenters. The summed E-state index contributed by atoms with van der Waals surface area (Å²) >= 11 is 0. The van der Waals surface area contributed by atoms with E-state index in [0.29, 0.717) is 76.5 Å². The van der Waals surface area contributed by atoms with Crippen LogP contribution in [0, 0.1) is 6.92 Å². The zero-order valence-electron chi connectivity index (χ0n) is 23.0. The molecular formula is C33H32N2O6. The summed E-state index contributed by atoms with van der Waals surface area (Å²) in [5.41, 5.74) is 2.03. The van der Waals surface area contributed by atoms with E-state index >= 15 is 0 Å². The average Bonchev–Trinajstić information content (AvgIpc) is 3.36. The normalized spacial score (nSPS) is 16.0. The highest BCUT2D eigenvalue weighted by atomic mass is 16.5. The molecule has 2 N–H and O–H groups in total. The molecule has 0 aliphatic carbocycles. The highest BCUT2D eigenvalue weighted by molar-refractivity contribution is 6.11. The van der Waals surface area contributed by atoms with Gasteiger partial charge in [-0.25, -0.2) is 0 Å². The first-order valence-electron chi connectivity index (χ1n) is 13.5. The minimum atomic E-state index is -1.30. The number of methoxy groups -OCH3 is 1. The maximum absolute atomic E-state index is 13.3. The number of aromatic nitrogens is 1. The van der Waals surface area contributed by atoms with E-state index in [1.807, 2.05) is 37.3 Å². The Kier molecular flexibility index (Phi) is 8.42.